The Bertz CT molecular complexity index is 4220. The fourth-order valence-electron chi connectivity index (χ4n) is 10.2. The van der Waals surface area contributed by atoms with Crippen LogP contribution in [-0.4, -0.2) is 23.7 Å². The minimum Gasteiger partial charge on any atom is -0.318 e. The molecule has 0 aliphatic heterocycles. The van der Waals surface area contributed by atoms with Gasteiger partial charge in [0, 0.05) is 54.8 Å². The number of rotatable bonds is 6. The summed E-state index contributed by atoms with van der Waals surface area (Å²) in [6, 6.07) is 75.2. The second-order valence-corrected chi connectivity index (χ2v) is 16.7. The van der Waals surface area contributed by atoms with Crippen LogP contribution in [0.1, 0.15) is 5.56 Å². The van der Waals surface area contributed by atoms with E-state index in [1.54, 1.807) is 0 Å². The first-order valence-corrected chi connectivity index (χ1v) is 22.2. The van der Waals surface area contributed by atoms with Crippen LogP contribution in [0.2, 0.25) is 0 Å². The molecule has 9 aromatic carbocycles. The van der Waals surface area contributed by atoms with E-state index in [-0.39, 0.29) is 0 Å². The molecule has 310 valence electrons. The van der Waals surface area contributed by atoms with Crippen LogP contribution in [0.15, 0.2) is 212 Å². The zero-order chi connectivity index (χ0) is 44.6. The van der Waals surface area contributed by atoms with Crippen LogP contribution in [0, 0.1) is 17.9 Å². The first-order chi connectivity index (χ1) is 33.2. The largest absolute Gasteiger partial charge is 0.318 e. The van der Waals surface area contributed by atoms with Gasteiger partial charge in [0.2, 0.25) is 5.69 Å². The Balaban J connectivity index is 1.05. The number of aromatic nitrogens is 5. The highest BCUT2D eigenvalue weighted by Crippen LogP contribution is 2.45. The Hall–Kier alpha value is -9.56. The summed E-state index contributed by atoms with van der Waals surface area (Å²) in [5.41, 5.74) is 13.2. The highest BCUT2D eigenvalue weighted by atomic mass is 15.0. The van der Waals surface area contributed by atoms with Gasteiger partial charge in [-0.15, -0.1) is 0 Å². The van der Waals surface area contributed by atoms with E-state index >= 15 is 0 Å². The van der Waals surface area contributed by atoms with Gasteiger partial charge in [0.15, 0.2) is 5.82 Å². The van der Waals surface area contributed by atoms with E-state index in [0.29, 0.717) is 34.0 Å². The molecular weight excluding hydrogens is 819 g/mol. The third-order valence-corrected chi connectivity index (χ3v) is 13.1. The SMILES string of the molecule is [C-]#[N+]c1cc(-c2nc(-c3ccc4c5ccccc5n(-c5ccccc5)c4c3)nc(-c3ccccc3)c2C#N)ccc1-n1c2ccccc2c2ccc3c(c4ccccc4n3-c3ccccc3)c21. The second kappa shape index (κ2) is 15.0. The number of hydrogen-bond donors (Lipinski definition) is 0. The highest BCUT2D eigenvalue weighted by molar-refractivity contribution is 6.26. The van der Waals surface area contributed by atoms with Crippen LogP contribution in [0.5, 0.6) is 0 Å². The van der Waals surface area contributed by atoms with Crippen molar-refractivity contribution >= 4 is 71.1 Å². The lowest BCUT2D eigenvalue weighted by Crippen LogP contribution is -2.02. The Morgan fingerprint density at radius 1 is 0.418 bits per heavy atom. The van der Waals surface area contributed by atoms with E-state index in [0.717, 1.165) is 93.6 Å². The van der Waals surface area contributed by atoms with Gasteiger partial charge in [-0.3, -0.25) is 0 Å². The summed E-state index contributed by atoms with van der Waals surface area (Å²) in [7, 11) is 0. The minimum absolute atomic E-state index is 0.338. The molecule has 0 aliphatic rings. The molecule has 4 aromatic heterocycles. The molecule has 0 spiro atoms. The van der Waals surface area contributed by atoms with Gasteiger partial charge in [-0.25, -0.2) is 14.8 Å². The number of nitriles is 1. The normalized spacial score (nSPS) is 11.6. The van der Waals surface area contributed by atoms with Crippen molar-refractivity contribution in [2.24, 2.45) is 0 Å². The first kappa shape index (κ1) is 37.9. The number of hydrogen-bond acceptors (Lipinski definition) is 3. The quantitative estimate of drug-likeness (QED) is 0.156. The monoisotopic (exact) mass is 853 g/mol. The second-order valence-electron chi connectivity index (χ2n) is 16.7. The van der Waals surface area contributed by atoms with E-state index in [1.807, 2.05) is 60.7 Å². The van der Waals surface area contributed by atoms with Crippen LogP contribution < -0.4 is 0 Å². The van der Waals surface area contributed by atoms with E-state index in [2.05, 4.69) is 176 Å². The molecule has 0 saturated carbocycles. The maximum atomic E-state index is 11.0. The van der Waals surface area contributed by atoms with Crippen molar-refractivity contribution in [3.8, 4) is 57.0 Å². The molecule has 67 heavy (non-hydrogen) atoms. The van der Waals surface area contributed by atoms with Crippen LogP contribution >= 0.6 is 0 Å². The van der Waals surface area contributed by atoms with Crippen molar-refractivity contribution in [1.82, 2.24) is 23.7 Å². The van der Waals surface area contributed by atoms with Crippen LogP contribution in [0.4, 0.5) is 5.69 Å². The van der Waals surface area contributed by atoms with Crippen molar-refractivity contribution in [3.05, 3.63) is 229 Å². The van der Waals surface area contributed by atoms with Crippen LogP contribution in [0.25, 0.3) is 121 Å². The zero-order valence-electron chi connectivity index (χ0n) is 35.8. The standard InChI is InChI=1S/C60H35N7/c1-62-49-35-39(30-33-53(49)67-51-27-15-12-24-44(51)46-32-34-54-56(59(46)67)47-25-13-16-28-52(47)65(54)41-19-7-3-8-20-41)58-48(37-61)57(38-17-5-2-6-18-38)63-60(64-58)40-29-31-45-43-23-11-14-26-50(43)66(55(45)36-40)42-21-9-4-10-22-42/h2-36H. The Kier molecular flexibility index (Phi) is 8.51. The summed E-state index contributed by atoms with van der Waals surface area (Å²) in [5.74, 6) is 0.479. The van der Waals surface area contributed by atoms with Gasteiger partial charge in [-0.1, -0.05) is 146 Å². The topological polar surface area (TPSA) is 68.7 Å². The summed E-state index contributed by atoms with van der Waals surface area (Å²) in [5, 5.41) is 17.7. The Morgan fingerprint density at radius 3 is 1.58 bits per heavy atom. The van der Waals surface area contributed by atoms with Crippen molar-refractivity contribution in [3.63, 3.8) is 0 Å². The van der Waals surface area contributed by atoms with Crippen LogP contribution in [0.3, 0.4) is 0 Å². The van der Waals surface area contributed by atoms with Gasteiger partial charge in [0.25, 0.3) is 0 Å². The average Bonchev–Trinajstić information content (AvgIpc) is 4.04. The molecule has 0 bridgehead atoms. The number of fused-ring (bicyclic) bond motifs is 10. The number of benzene rings is 9. The maximum Gasteiger partial charge on any atom is 0.211 e. The molecule has 0 N–H and O–H groups in total. The van der Waals surface area contributed by atoms with E-state index in [4.69, 9.17) is 16.5 Å². The van der Waals surface area contributed by atoms with Gasteiger partial charge in [0.05, 0.1) is 56.7 Å². The van der Waals surface area contributed by atoms with Gasteiger partial charge < -0.3 is 13.7 Å². The first-order valence-electron chi connectivity index (χ1n) is 22.2. The molecule has 4 heterocycles. The number of nitrogens with zero attached hydrogens (tertiary/aromatic N) is 7. The van der Waals surface area contributed by atoms with Crippen molar-refractivity contribution in [1.29, 1.82) is 5.26 Å². The van der Waals surface area contributed by atoms with Gasteiger partial charge in [0.1, 0.15) is 11.6 Å². The third kappa shape index (κ3) is 5.76. The van der Waals surface area contributed by atoms with Gasteiger partial charge >= 0.3 is 0 Å². The average molecular weight is 854 g/mol. The molecule has 0 atom stereocenters. The smallest absolute Gasteiger partial charge is 0.211 e. The molecule has 0 fully saturated rings. The summed E-state index contributed by atoms with van der Waals surface area (Å²) in [6.07, 6.45) is 0. The Morgan fingerprint density at radius 2 is 0.925 bits per heavy atom. The molecular formula is C60H35N7. The molecule has 0 saturated heterocycles. The van der Waals surface area contributed by atoms with Crippen molar-refractivity contribution in [2.45, 2.75) is 0 Å². The zero-order valence-corrected chi connectivity index (χ0v) is 35.8. The lowest BCUT2D eigenvalue weighted by molar-refractivity contribution is 1.16. The van der Waals surface area contributed by atoms with Crippen molar-refractivity contribution in [2.75, 3.05) is 0 Å². The predicted octanol–water partition coefficient (Wildman–Crippen LogP) is 15.2. The molecule has 0 unspecified atom stereocenters. The molecule has 7 heteroatoms. The Labute approximate surface area is 384 Å². The van der Waals surface area contributed by atoms with Crippen molar-refractivity contribution < 1.29 is 0 Å². The van der Waals surface area contributed by atoms with E-state index < -0.39 is 0 Å². The van der Waals surface area contributed by atoms with Gasteiger partial charge in [-0.05, 0) is 72.3 Å². The molecule has 0 aliphatic carbocycles. The van der Waals surface area contributed by atoms with Gasteiger partial charge in [-0.2, -0.15) is 5.26 Å². The van der Waals surface area contributed by atoms with E-state index in [9.17, 15) is 5.26 Å². The number of para-hydroxylation sites is 5. The molecule has 0 amide bonds. The summed E-state index contributed by atoms with van der Waals surface area (Å²) < 4.78 is 6.85. The fourth-order valence-corrected chi connectivity index (χ4v) is 10.2. The summed E-state index contributed by atoms with van der Waals surface area (Å²) >= 11 is 0. The molecule has 7 nitrogen and oxygen atoms in total. The fraction of sp³-hybridized carbons (Fsp3) is 0. The predicted molar refractivity (Wildman–Crippen MR) is 272 cm³/mol. The maximum absolute atomic E-state index is 11.0. The lowest BCUT2D eigenvalue weighted by Gasteiger charge is -2.15. The summed E-state index contributed by atoms with van der Waals surface area (Å²) in [6.45, 7) is 8.75. The van der Waals surface area contributed by atoms with E-state index in [1.165, 1.54) is 0 Å². The molecule has 0 radical (unpaired) electrons. The molecule has 13 rings (SSSR count). The minimum atomic E-state index is 0.338. The summed E-state index contributed by atoms with van der Waals surface area (Å²) in [4.78, 5) is 14.6. The lowest BCUT2D eigenvalue weighted by atomic mass is 9.99. The molecule has 13 aromatic rings. The third-order valence-electron chi connectivity index (χ3n) is 13.1. The highest BCUT2D eigenvalue weighted by Gasteiger charge is 2.24. The van der Waals surface area contributed by atoms with Crippen LogP contribution in [-0.2, 0) is 0 Å².